The summed E-state index contributed by atoms with van der Waals surface area (Å²) in [5.41, 5.74) is 0.264. The first-order valence-corrected chi connectivity index (χ1v) is 7.77. The second kappa shape index (κ2) is 6.81. The van der Waals surface area contributed by atoms with Crippen molar-refractivity contribution in [2.75, 3.05) is 6.54 Å². The summed E-state index contributed by atoms with van der Waals surface area (Å²) >= 11 is 0. The zero-order chi connectivity index (χ0) is 17.0. The Morgan fingerprint density at radius 1 is 1.26 bits per heavy atom. The minimum absolute atomic E-state index is 0.0310. The second-order valence-corrected chi connectivity index (χ2v) is 6.44. The minimum Gasteiger partial charge on any atom is -0.352 e. The molecule has 1 aromatic rings. The van der Waals surface area contributed by atoms with Crippen molar-refractivity contribution in [3.8, 4) is 0 Å². The lowest BCUT2D eigenvalue weighted by molar-refractivity contribution is -0.134. The van der Waals surface area contributed by atoms with Gasteiger partial charge in [-0.15, -0.1) is 0 Å². The minimum atomic E-state index is -0.948. The summed E-state index contributed by atoms with van der Waals surface area (Å²) in [6, 6.07) is 9.47. The van der Waals surface area contributed by atoms with Crippen LogP contribution in [0.5, 0.6) is 0 Å². The van der Waals surface area contributed by atoms with E-state index in [1.165, 1.54) is 5.56 Å². The lowest BCUT2D eigenvalue weighted by atomic mass is 10.1. The Bertz CT molecular complexity index is 598. The van der Waals surface area contributed by atoms with Gasteiger partial charge in [0.2, 0.25) is 5.91 Å². The SMILES string of the molecule is C[C@@H](CCc1ccccc1)NC(=O)CN1C(=O)NC(C)(C)C1=O. The summed E-state index contributed by atoms with van der Waals surface area (Å²) in [5.74, 6) is -0.707. The molecule has 0 radical (unpaired) electrons. The number of imide groups is 1. The summed E-state index contributed by atoms with van der Waals surface area (Å²) < 4.78 is 0. The number of benzene rings is 1. The highest BCUT2D eigenvalue weighted by molar-refractivity contribution is 6.08. The Morgan fingerprint density at radius 2 is 1.91 bits per heavy atom. The van der Waals surface area contributed by atoms with Crippen LogP contribution in [0.4, 0.5) is 4.79 Å². The van der Waals surface area contributed by atoms with Gasteiger partial charge in [0.25, 0.3) is 5.91 Å². The Labute approximate surface area is 136 Å². The van der Waals surface area contributed by atoms with Gasteiger partial charge in [0.05, 0.1) is 0 Å². The Hall–Kier alpha value is -2.37. The molecule has 1 heterocycles. The van der Waals surface area contributed by atoms with Crippen molar-refractivity contribution in [3.05, 3.63) is 35.9 Å². The van der Waals surface area contributed by atoms with E-state index in [2.05, 4.69) is 10.6 Å². The maximum absolute atomic E-state index is 12.0. The van der Waals surface area contributed by atoms with Gasteiger partial charge >= 0.3 is 6.03 Å². The fourth-order valence-electron chi connectivity index (χ4n) is 2.53. The van der Waals surface area contributed by atoms with Gasteiger partial charge in [0.15, 0.2) is 0 Å². The zero-order valence-electron chi connectivity index (χ0n) is 13.8. The van der Waals surface area contributed by atoms with Crippen LogP contribution in [0.3, 0.4) is 0 Å². The van der Waals surface area contributed by atoms with Gasteiger partial charge in [-0.25, -0.2) is 4.79 Å². The lowest BCUT2D eigenvalue weighted by Gasteiger charge is -2.18. The molecular weight excluding hydrogens is 294 g/mol. The Morgan fingerprint density at radius 3 is 2.48 bits per heavy atom. The van der Waals surface area contributed by atoms with Crippen molar-refractivity contribution >= 4 is 17.8 Å². The van der Waals surface area contributed by atoms with Gasteiger partial charge in [-0.2, -0.15) is 0 Å². The van der Waals surface area contributed by atoms with Crippen LogP contribution in [0.15, 0.2) is 30.3 Å². The first-order chi connectivity index (χ1) is 10.8. The third kappa shape index (κ3) is 4.31. The molecule has 0 saturated carbocycles. The number of hydrogen-bond donors (Lipinski definition) is 2. The highest BCUT2D eigenvalue weighted by atomic mass is 16.2. The first kappa shape index (κ1) is 17.0. The van der Waals surface area contributed by atoms with Crippen LogP contribution in [0.25, 0.3) is 0 Å². The first-order valence-electron chi connectivity index (χ1n) is 7.77. The lowest BCUT2D eigenvalue weighted by Crippen LogP contribution is -2.45. The van der Waals surface area contributed by atoms with E-state index < -0.39 is 11.6 Å². The van der Waals surface area contributed by atoms with Gasteiger partial charge < -0.3 is 10.6 Å². The summed E-state index contributed by atoms with van der Waals surface area (Å²) in [7, 11) is 0. The third-order valence-electron chi connectivity index (χ3n) is 3.86. The molecule has 0 aromatic heterocycles. The molecule has 0 unspecified atom stereocenters. The normalized spacial score (nSPS) is 17.8. The van der Waals surface area contributed by atoms with Crippen LogP contribution in [0.1, 0.15) is 32.8 Å². The molecule has 2 N–H and O–H groups in total. The molecule has 124 valence electrons. The van der Waals surface area contributed by atoms with E-state index in [1.54, 1.807) is 13.8 Å². The molecule has 6 nitrogen and oxygen atoms in total. The largest absolute Gasteiger partial charge is 0.352 e. The van der Waals surface area contributed by atoms with E-state index in [0.29, 0.717) is 0 Å². The van der Waals surface area contributed by atoms with Gasteiger partial charge in [-0.3, -0.25) is 14.5 Å². The fourth-order valence-corrected chi connectivity index (χ4v) is 2.53. The molecule has 1 atom stereocenters. The number of nitrogens with one attached hydrogen (secondary N) is 2. The number of carbonyl (C=O) groups excluding carboxylic acids is 3. The zero-order valence-corrected chi connectivity index (χ0v) is 13.8. The Kier molecular flexibility index (Phi) is 5.03. The number of urea groups is 1. The molecule has 1 fully saturated rings. The molecule has 4 amide bonds. The van der Waals surface area contributed by atoms with Crippen molar-refractivity contribution in [1.82, 2.24) is 15.5 Å². The topological polar surface area (TPSA) is 78.5 Å². The average molecular weight is 317 g/mol. The molecule has 1 saturated heterocycles. The van der Waals surface area contributed by atoms with E-state index in [9.17, 15) is 14.4 Å². The number of carbonyl (C=O) groups is 3. The van der Waals surface area contributed by atoms with E-state index >= 15 is 0 Å². The van der Waals surface area contributed by atoms with Crippen molar-refractivity contribution < 1.29 is 14.4 Å². The van der Waals surface area contributed by atoms with Crippen molar-refractivity contribution in [1.29, 1.82) is 0 Å². The average Bonchev–Trinajstić information content (AvgIpc) is 2.68. The summed E-state index contributed by atoms with van der Waals surface area (Å²) in [6.07, 6.45) is 1.65. The van der Waals surface area contributed by atoms with Crippen LogP contribution in [-0.4, -0.2) is 40.9 Å². The predicted octanol–water partition coefficient (Wildman–Crippen LogP) is 1.45. The van der Waals surface area contributed by atoms with E-state index in [0.717, 1.165) is 17.7 Å². The molecule has 23 heavy (non-hydrogen) atoms. The second-order valence-electron chi connectivity index (χ2n) is 6.44. The number of hydrogen-bond acceptors (Lipinski definition) is 3. The molecule has 1 aromatic carbocycles. The van der Waals surface area contributed by atoms with E-state index in [4.69, 9.17) is 0 Å². The number of rotatable bonds is 6. The van der Waals surface area contributed by atoms with Crippen LogP contribution in [0, 0.1) is 0 Å². The van der Waals surface area contributed by atoms with E-state index in [1.807, 2.05) is 37.3 Å². The molecule has 2 rings (SSSR count). The number of amides is 4. The quantitative estimate of drug-likeness (QED) is 0.780. The van der Waals surface area contributed by atoms with Crippen LogP contribution in [0.2, 0.25) is 0 Å². The molecular formula is C17H23N3O3. The molecule has 6 heteroatoms. The highest BCUT2D eigenvalue weighted by Gasteiger charge is 2.44. The van der Waals surface area contributed by atoms with Gasteiger partial charge in [0, 0.05) is 6.04 Å². The molecule has 1 aliphatic heterocycles. The van der Waals surface area contributed by atoms with Crippen LogP contribution >= 0.6 is 0 Å². The van der Waals surface area contributed by atoms with Crippen molar-refractivity contribution in [3.63, 3.8) is 0 Å². The van der Waals surface area contributed by atoms with Crippen LogP contribution in [-0.2, 0) is 16.0 Å². The van der Waals surface area contributed by atoms with Gasteiger partial charge in [-0.05, 0) is 39.2 Å². The monoisotopic (exact) mass is 317 g/mol. The standard InChI is InChI=1S/C17H23N3O3/c1-12(9-10-13-7-5-4-6-8-13)18-14(21)11-20-15(22)17(2,3)19-16(20)23/h4-8,12H,9-11H2,1-3H3,(H,18,21)(H,19,23)/t12-/m0/s1. The maximum atomic E-state index is 12.0. The van der Waals surface area contributed by atoms with Gasteiger partial charge in [0.1, 0.15) is 12.1 Å². The van der Waals surface area contributed by atoms with E-state index in [-0.39, 0.29) is 24.4 Å². The van der Waals surface area contributed by atoms with Crippen LogP contribution < -0.4 is 10.6 Å². The molecule has 0 spiro atoms. The van der Waals surface area contributed by atoms with Crippen molar-refractivity contribution in [2.45, 2.75) is 45.2 Å². The highest BCUT2D eigenvalue weighted by Crippen LogP contribution is 2.16. The number of aryl methyl sites for hydroxylation is 1. The Balaban J connectivity index is 1.80. The smallest absolute Gasteiger partial charge is 0.325 e. The molecule has 1 aliphatic rings. The summed E-state index contributed by atoms with van der Waals surface area (Å²) in [6.45, 7) is 4.90. The summed E-state index contributed by atoms with van der Waals surface area (Å²) in [5, 5.41) is 5.39. The number of nitrogens with zero attached hydrogens (tertiary/aromatic N) is 1. The van der Waals surface area contributed by atoms with Crippen molar-refractivity contribution in [2.24, 2.45) is 0 Å². The molecule has 0 bridgehead atoms. The predicted molar refractivity (Wildman–Crippen MR) is 86.7 cm³/mol. The third-order valence-corrected chi connectivity index (χ3v) is 3.86. The maximum Gasteiger partial charge on any atom is 0.325 e. The molecule has 0 aliphatic carbocycles. The fraction of sp³-hybridized carbons (Fsp3) is 0.471. The summed E-state index contributed by atoms with van der Waals surface area (Å²) in [4.78, 5) is 36.8. The van der Waals surface area contributed by atoms with Gasteiger partial charge in [-0.1, -0.05) is 30.3 Å².